The molecule has 2 aromatic rings. The lowest BCUT2D eigenvalue weighted by Crippen LogP contribution is -2.00. The van der Waals surface area contributed by atoms with Crippen molar-refractivity contribution in [3.63, 3.8) is 0 Å². The first-order valence-corrected chi connectivity index (χ1v) is 6.14. The van der Waals surface area contributed by atoms with Crippen LogP contribution >= 0.6 is 0 Å². The minimum Gasteiger partial charge on any atom is -0.493 e. The monoisotopic (exact) mass is 277 g/mol. The first-order valence-electron chi connectivity index (χ1n) is 6.14. The van der Waals surface area contributed by atoms with Crippen molar-refractivity contribution in [2.45, 2.75) is 6.61 Å². The second-order valence-corrected chi connectivity index (χ2v) is 4.37. The second kappa shape index (κ2) is 5.83. The molecule has 6 nitrogen and oxygen atoms in total. The highest BCUT2D eigenvalue weighted by Crippen LogP contribution is 2.38. The molecule has 0 aliphatic carbocycles. The van der Waals surface area contributed by atoms with Gasteiger partial charge in [-0.3, -0.25) is 4.68 Å². The van der Waals surface area contributed by atoms with Crippen molar-refractivity contribution in [1.82, 2.24) is 9.78 Å². The molecule has 0 aliphatic rings. The van der Waals surface area contributed by atoms with E-state index in [0.717, 1.165) is 16.7 Å². The van der Waals surface area contributed by atoms with Crippen molar-refractivity contribution in [2.24, 2.45) is 7.05 Å². The van der Waals surface area contributed by atoms with E-state index in [1.165, 1.54) is 0 Å². The number of hydrogen-bond donors (Lipinski definition) is 1. The van der Waals surface area contributed by atoms with Crippen LogP contribution in [0.15, 0.2) is 18.3 Å². The summed E-state index contributed by atoms with van der Waals surface area (Å²) in [5.74, 6) is 1.90. The molecule has 20 heavy (non-hydrogen) atoms. The van der Waals surface area contributed by atoms with Gasteiger partial charge in [-0.25, -0.2) is 0 Å². The van der Waals surface area contributed by atoms with Crippen LogP contribution in [0.4, 0.5) is 5.82 Å². The van der Waals surface area contributed by atoms with Gasteiger partial charge in [-0.05, 0) is 17.7 Å². The van der Waals surface area contributed by atoms with E-state index in [9.17, 15) is 0 Å². The van der Waals surface area contributed by atoms with Crippen LogP contribution < -0.4 is 15.2 Å². The molecule has 0 saturated heterocycles. The largest absolute Gasteiger partial charge is 0.493 e. The number of aryl methyl sites for hydroxylation is 1. The van der Waals surface area contributed by atoms with Crippen LogP contribution in [0, 0.1) is 0 Å². The van der Waals surface area contributed by atoms with Crippen LogP contribution in [-0.2, 0) is 18.4 Å². The van der Waals surface area contributed by atoms with Crippen molar-refractivity contribution in [2.75, 3.05) is 27.1 Å². The van der Waals surface area contributed by atoms with Crippen LogP contribution in [0.1, 0.15) is 5.56 Å². The normalized spacial score (nSPS) is 10.6. The number of methoxy groups -OCH3 is 3. The Balaban J connectivity index is 2.60. The number of ether oxygens (including phenoxy) is 3. The van der Waals surface area contributed by atoms with E-state index >= 15 is 0 Å². The smallest absolute Gasteiger partial charge is 0.166 e. The number of nitrogens with zero attached hydrogens (tertiary/aromatic N) is 2. The van der Waals surface area contributed by atoms with E-state index < -0.39 is 0 Å². The maximum absolute atomic E-state index is 6.02. The first-order chi connectivity index (χ1) is 9.62. The van der Waals surface area contributed by atoms with Gasteiger partial charge >= 0.3 is 0 Å². The molecular weight excluding hydrogens is 258 g/mol. The van der Waals surface area contributed by atoms with Gasteiger partial charge in [0.15, 0.2) is 11.5 Å². The number of anilines is 1. The zero-order chi connectivity index (χ0) is 14.7. The summed E-state index contributed by atoms with van der Waals surface area (Å²) >= 11 is 0. The minimum absolute atomic E-state index is 0.424. The van der Waals surface area contributed by atoms with E-state index in [1.54, 1.807) is 39.3 Å². The fraction of sp³-hybridized carbons (Fsp3) is 0.357. The highest BCUT2D eigenvalue weighted by molar-refractivity contribution is 5.76. The van der Waals surface area contributed by atoms with Gasteiger partial charge in [0.1, 0.15) is 5.82 Å². The van der Waals surface area contributed by atoms with Gasteiger partial charge in [0.25, 0.3) is 0 Å². The van der Waals surface area contributed by atoms with Crippen LogP contribution in [0.2, 0.25) is 0 Å². The summed E-state index contributed by atoms with van der Waals surface area (Å²) in [6.45, 7) is 0.424. The molecule has 6 heteroatoms. The maximum Gasteiger partial charge on any atom is 0.166 e. The summed E-state index contributed by atoms with van der Waals surface area (Å²) in [6.07, 6.45) is 1.73. The number of aromatic nitrogens is 2. The Morgan fingerprint density at radius 1 is 1.20 bits per heavy atom. The van der Waals surface area contributed by atoms with Crippen LogP contribution in [0.25, 0.3) is 11.1 Å². The van der Waals surface area contributed by atoms with Crippen molar-refractivity contribution in [3.05, 3.63) is 23.9 Å². The van der Waals surface area contributed by atoms with Gasteiger partial charge in [0.05, 0.1) is 27.0 Å². The molecule has 0 fully saturated rings. The number of rotatable bonds is 5. The van der Waals surface area contributed by atoms with Crippen molar-refractivity contribution >= 4 is 5.82 Å². The molecular formula is C14H19N3O3. The van der Waals surface area contributed by atoms with E-state index in [-0.39, 0.29) is 0 Å². The van der Waals surface area contributed by atoms with Gasteiger partial charge in [0.2, 0.25) is 0 Å². The Hall–Kier alpha value is -2.21. The third kappa shape index (κ3) is 2.42. The molecule has 0 aliphatic heterocycles. The number of nitrogens with two attached hydrogens (primary N) is 1. The Bertz CT molecular complexity index is 608. The van der Waals surface area contributed by atoms with Crippen molar-refractivity contribution < 1.29 is 14.2 Å². The molecule has 1 aromatic carbocycles. The van der Waals surface area contributed by atoms with Gasteiger partial charge in [-0.1, -0.05) is 0 Å². The average Bonchev–Trinajstić information content (AvgIpc) is 2.78. The Morgan fingerprint density at radius 3 is 2.45 bits per heavy atom. The van der Waals surface area contributed by atoms with Gasteiger partial charge in [-0.2, -0.15) is 5.10 Å². The molecule has 2 N–H and O–H groups in total. The van der Waals surface area contributed by atoms with Crippen LogP contribution in [0.3, 0.4) is 0 Å². The summed E-state index contributed by atoms with van der Waals surface area (Å²) in [4.78, 5) is 0. The quantitative estimate of drug-likeness (QED) is 0.902. The lowest BCUT2D eigenvalue weighted by molar-refractivity contribution is 0.181. The number of hydrogen-bond acceptors (Lipinski definition) is 5. The van der Waals surface area contributed by atoms with E-state index in [4.69, 9.17) is 19.9 Å². The third-order valence-corrected chi connectivity index (χ3v) is 3.15. The number of nitrogen functional groups attached to an aromatic ring is 1. The minimum atomic E-state index is 0.424. The summed E-state index contributed by atoms with van der Waals surface area (Å²) in [5.41, 5.74) is 8.68. The fourth-order valence-electron chi connectivity index (χ4n) is 2.13. The molecule has 0 saturated carbocycles. The maximum atomic E-state index is 6.02. The molecule has 0 radical (unpaired) electrons. The molecule has 108 valence electrons. The van der Waals surface area contributed by atoms with E-state index in [1.807, 2.05) is 12.1 Å². The van der Waals surface area contributed by atoms with Gasteiger partial charge < -0.3 is 19.9 Å². The zero-order valence-corrected chi connectivity index (χ0v) is 12.1. The highest BCUT2D eigenvalue weighted by Gasteiger charge is 2.16. The lowest BCUT2D eigenvalue weighted by Gasteiger charge is -2.14. The molecule has 2 rings (SSSR count). The average molecular weight is 277 g/mol. The molecule has 0 amide bonds. The second-order valence-electron chi connectivity index (χ2n) is 4.37. The molecule has 1 heterocycles. The Kier molecular flexibility index (Phi) is 4.14. The van der Waals surface area contributed by atoms with Crippen molar-refractivity contribution in [3.8, 4) is 22.6 Å². The molecule has 0 spiro atoms. The van der Waals surface area contributed by atoms with E-state index in [2.05, 4.69) is 5.10 Å². The van der Waals surface area contributed by atoms with E-state index in [0.29, 0.717) is 23.9 Å². The fourth-order valence-corrected chi connectivity index (χ4v) is 2.13. The first kappa shape index (κ1) is 14.2. The molecule has 0 atom stereocenters. The number of benzene rings is 1. The Labute approximate surface area is 118 Å². The molecule has 0 unspecified atom stereocenters. The molecule has 0 bridgehead atoms. The standard InChI is InChI=1S/C14H19N3O3/c1-17-14(15)11(7-16-17)9-5-10(8-18-2)13(20-4)12(6-9)19-3/h5-7H,8,15H2,1-4H3. The SMILES string of the molecule is COCc1cc(-c2cnn(C)c2N)cc(OC)c1OC. The van der Waals surface area contributed by atoms with Gasteiger partial charge in [0, 0.05) is 25.3 Å². The summed E-state index contributed by atoms with van der Waals surface area (Å²) in [6, 6.07) is 3.85. The Morgan fingerprint density at radius 2 is 1.95 bits per heavy atom. The van der Waals surface area contributed by atoms with Crippen molar-refractivity contribution in [1.29, 1.82) is 0 Å². The van der Waals surface area contributed by atoms with Gasteiger partial charge in [-0.15, -0.1) is 0 Å². The van der Waals surface area contributed by atoms with Crippen LogP contribution in [-0.4, -0.2) is 31.1 Å². The summed E-state index contributed by atoms with van der Waals surface area (Å²) in [5, 5.41) is 4.15. The zero-order valence-electron chi connectivity index (χ0n) is 12.1. The summed E-state index contributed by atoms with van der Waals surface area (Å²) in [7, 11) is 6.65. The third-order valence-electron chi connectivity index (χ3n) is 3.15. The summed E-state index contributed by atoms with van der Waals surface area (Å²) < 4.78 is 17.6. The molecule has 1 aromatic heterocycles. The highest BCUT2D eigenvalue weighted by atomic mass is 16.5. The topological polar surface area (TPSA) is 71.5 Å². The predicted octanol–water partition coefficient (Wildman–Crippen LogP) is 1.83. The lowest BCUT2D eigenvalue weighted by atomic mass is 10.0. The van der Waals surface area contributed by atoms with Crippen LogP contribution in [0.5, 0.6) is 11.5 Å². The predicted molar refractivity (Wildman–Crippen MR) is 76.9 cm³/mol.